The van der Waals surface area contributed by atoms with Crippen LogP contribution < -0.4 is 15.8 Å². The molecule has 1 aliphatic heterocycles. The number of benzene rings is 1. The van der Waals surface area contributed by atoms with Gasteiger partial charge in [0.05, 0.1) is 13.5 Å². The molecule has 0 saturated carbocycles. The molecule has 3 N–H and O–H groups in total. The van der Waals surface area contributed by atoms with Crippen LogP contribution in [0.4, 0.5) is 11.4 Å². The van der Waals surface area contributed by atoms with Gasteiger partial charge in [-0.3, -0.25) is 14.5 Å². The first-order valence-corrected chi connectivity index (χ1v) is 5.52. The minimum Gasteiger partial charge on any atom is -0.497 e. The van der Waals surface area contributed by atoms with Crippen LogP contribution in [0.2, 0.25) is 0 Å². The largest absolute Gasteiger partial charge is 0.497 e. The molecule has 18 heavy (non-hydrogen) atoms. The van der Waals surface area contributed by atoms with Gasteiger partial charge in [-0.2, -0.15) is 0 Å². The van der Waals surface area contributed by atoms with Crippen LogP contribution in [-0.4, -0.2) is 36.9 Å². The van der Waals surface area contributed by atoms with Crippen molar-refractivity contribution in [2.45, 2.75) is 12.5 Å². The fourth-order valence-corrected chi connectivity index (χ4v) is 1.89. The van der Waals surface area contributed by atoms with Gasteiger partial charge in [0.25, 0.3) is 5.91 Å². The third kappa shape index (κ3) is 2.22. The highest BCUT2D eigenvalue weighted by molar-refractivity contribution is 6.06. The number of amides is 2. The average molecular weight is 249 g/mol. The van der Waals surface area contributed by atoms with Gasteiger partial charge in [0, 0.05) is 30.6 Å². The Morgan fingerprint density at radius 2 is 2.11 bits per heavy atom. The van der Waals surface area contributed by atoms with Crippen LogP contribution >= 0.6 is 0 Å². The predicted octanol–water partition coefficient (Wildman–Crippen LogP) is 0.447. The van der Waals surface area contributed by atoms with E-state index in [1.165, 1.54) is 14.2 Å². The van der Waals surface area contributed by atoms with Gasteiger partial charge in [0.2, 0.25) is 5.91 Å². The number of nitrogens with two attached hydrogens (primary N) is 1. The quantitative estimate of drug-likeness (QED) is 0.600. The molecule has 1 unspecified atom stereocenters. The third-order valence-electron chi connectivity index (χ3n) is 2.89. The summed E-state index contributed by atoms with van der Waals surface area (Å²) in [5, 5.41) is 2.99. The maximum atomic E-state index is 11.7. The Hall–Kier alpha value is -2.24. The van der Waals surface area contributed by atoms with Crippen molar-refractivity contribution in [1.29, 1.82) is 0 Å². The number of nitrogens with one attached hydrogen (secondary N) is 1. The van der Waals surface area contributed by atoms with Gasteiger partial charge < -0.3 is 15.8 Å². The van der Waals surface area contributed by atoms with Gasteiger partial charge in [-0.15, -0.1) is 0 Å². The molecule has 1 aromatic rings. The van der Waals surface area contributed by atoms with Crippen molar-refractivity contribution in [3.05, 3.63) is 18.2 Å². The molecule has 2 rings (SSSR count). The zero-order valence-corrected chi connectivity index (χ0v) is 10.3. The molecular formula is C12H15N3O3. The number of likely N-dealkylation sites (tertiary alicyclic amines) is 1. The molecule has 1 aromatic carbocycles. The molecule has 0 radical (unpaired) electrons. The van der Waals surface area contributed by atoms with Crippen molar-refractivity contribution in [2.75, 3.05) is 25.2 Å². The molecule has 0 bridgehead atoms. The van der Waals surface area contributed by atoms with Gasteiger partial charge in [0.1, 0.15) is 11.8 Å². The van der Waals surface area contributed by atoms with Crippen LogP contribution in [0.25, 0.3) is 0 Å². The van der Waals surface area contributed by atoms with Crippen LogP contribution in [0.1, 0.15) is 6.42 Å². The van der Waals surface area contributed by atoms with Crippen molar-refractivity contribution >= 4 is 23.2 Å². The number of hydrogen-bond donors (Lipinski definition) is 2. The Labute approximate surface area is 105 Å². The molecule has 1 aliphatic rings. The molecule has 1 saturated heterocycles. The van der Waals surface area contributed by atoms with Crippen molar-refractivity contribution in [3.8, 4) is 5.75 Å². The van der Waals surface area contributed by atoms with Gasteiger partial charge in [-0.1, -0.05) is 0 Å². The lowest BCUT2D eigenvalue weighted by Gasteiger charge is -2.13. The molecule has 6 nitrogen and oxygen atoms in total. The molecular weight excluding hydrogens is 234 g/mol. The summed E-state index contributed by atoms with van der Waals surface area (Å²) in [6.45, 7) is 0. The fraction of sp³-hybridized carbons (Fsp3) is 0.333. The number of rotatable bonds is 3. The normalized spacial score (nSPS) is 19.2. The van der Waals surface area contributed by atoms with Crippen molar-refractivity contribution in [2.24, 2.45) is 0 Å². The molecule has 1 fully saturated rings. The van der Waals surface area contributed by atoms with Crippen LogP contribution in [-0.2, 0) is 9.59 Å². The molecule has 1 atom stereocenters. The monoisotopic (exact) mass is 249 g/mol. The molecule has 0 aliphatic carbocycles. The summed E-state index contributed by atoms with van der Waals surface area (Å²) in [6, 6.07) is 4.57. The van der Waals surface area contributed by atoms with E-state index in [4.69, 9.17) is 10.5 Å². The first-order chi connectivity index (χ1) is 8.51. The van der Waals surface area contributed by atoms with E-state index in [-0.39, 0.29) is 18.2 Å². The van der Waals surface area contributed by atoms with Crippen molar-refractivity contribution in [1.82, 2.24) is 4.90 Å². The molecule has 1 heterocycles. The highest BCUT2D eigenvalue weighted by Gasteiger charge is 2.35. The van der Waals surface area contributed by atoms with E-state index in [2.05, 4.69) is 5.32 Å². The number of ether oxygens (including phenoxy) is 1. The number of methoxy groups -OCH3 is 1. The number of nitrogen functional groups attached to an aromatic ring is 1. The first-order valence-electron chi connectivity index (χ1n) is 5.52. The fourth-order valence-electron chi connectivity index (χ4n) is 1.89. The lowest BCUT2D eigenvalue weighted by Crippen LogP contribution is -2.31. The first kappa shape index (κ1) is 12.2. The lowest BCUT2D eigenvalue weighted by molar-refractivity contribution is -0.136. The minimum absolute atomic E-state index is 0.159. The van der Waals surface area contributed by atoms with Crippen LogP contribution in [0, 0.1) is 0 Å². The standard InChI is InChI=1S/C12H15N3O3/c1-15-11(16)6-10(12(15)17)14-8-3-7(13)4-9(5-8)18-2/h3-5,10,14H,6,13H2,1-2H3. The van der Waals surface area contributed by atoms with Gasteiger partial charge in [-0.05, 0) is 6.07 Å². The van der Waals surface area contributed by atoms with Crippen LogP contribution in [0.15, 0.2) is 18.2 Å². The summed E-state index contributed by atoms with van der Waals surface area (Å²) in [4.78, 5) is 24.3. The average Bonchev–Trinajstić information content (AvgIpc) is 2.56. The van der Waals surface area contributed by atoms with Gasteiger partial charge >= 0.3 is 0 Å². The summed E-state index contributed by atoms with van der Waals surface area (Å²) in [6.07, 6.45) is 0.159. The van der Waals surface area contributed by atoms with E-state index in [0.29, 0.717) is 17.1 Å². The molecule has 6 heteroatoms. The Bertz CT molecular complexity index is 501. The number of anilines is 2. The second kappa shape index (κ2) is 4.56. The van der Waals surface area contributed by atoms with Crippen molar-refractivity contribution in [3.63, 3.8) is 0 Å². The third-order valence-corrected chi connectivity index (χ3v) is 2.89. The highest BCUT2D eigenvalue weighted by atomic mass is 16.5. The number of likely N-dealkylation sites (N-methyl/N-ethyl adjacent to an activating group) is 1. The second-order valence-corrected chi connectivity index (χ2v) is 4.19. The number of nitrogens with zero attached hydrogens (tertiary/aromatic N) is 1. The molecule has 96 valence electrons. The SMILES string of the molecule is COc1cc(N)cc(NC2CC(=O)N(C)C2=O)c1. The van der Waals surface area contributed by atoms with Crippen LogP contribution in [0.3, 0.4) is 0 Å². The second-order valence-electron chi connectivity index (χ2n) is 4.19. The van der Waals surface area contributed by atoms with Crippen molar-refractivity contribution < 1.29 is 14.3 Å². The van der Waals surface area contributed by atoms with E-state index in [1.54, 1.807) is 18.2 Å². The van der Waals surface area contributed by atoms with E-state index >= 15 is 0 Å². The number of carbonyl (C=O) groups excluding carboxylic acids is 2. The number of carbonyl (C=O) groups is 2. The van der Waals surface area contributed by atoms with Gasteiger partial charge in [-0.25, -0.2) is 0 Å². The summed E-state index contributed by atoms with van der Waals surface area (Å²) in [7, 11) is 3.02. The summed E-state index contributed by atoms with van der Waals surface area (Å²) in [5.41, 5.74) is 6.91. The predicted molar refractivity (Wildman–Crippen MR) is 67.2 cm³/mol. The summed E-state index contributed by atoms with van der Waals surface area (Å²) < 4.78 is 5.09. The number of hydrogen-bond acceptors (Lipinski definition) is 5. The van der Waals surface area contributed by atoms with E-state index < -0.39 is 6.04 Å². The number of imide groups is 1. The zero-order chi connectivity index (χ0) is 13.3. The lowest BCUT2D eigenvalue weighted by atomic mass is 10.2. The smallest absolute Gasteiger partial charge is 0.251 e. The Balaban J connectivity index is 2.17. The highest BCUT2D eigenvalue weighted by Crippen LogP contribution is 2.24. The van der Waals surface area contributed by atoms with E-state index in [1.807, 2.05) is 0 Å². The van der Waals surface area contributed by atoms with Crippen LogP contribution in [0.5, 0.6) is 5.75 Å². The summed E-state index contributed by atoms with van der Waals surface area (Å²) >= 11 is 0. The van der Waals surface area contributed by atoms with E-state index in [0.717, 1.165) is 4.90 Å². The maximum Gasteiger partial charge on any atom is 0.251 e. The Morgan fingerprint density at radius 1 is 1.39 bits per heavy atom. The molecule has 0 spiro atoms. The molecule has 2 amide bonds. The minimum atomic E-state index is -0.533. The Morgan fingerprint density at radius 3 is 2.67 bits per heavy atom. The summed E-state index contributed by atoms with van der Waals surface area (Å²) in [5.74, 6) is 0.178. The maximum absolute atomic E-state index is 11.7. The zero-order valence-electron chi connectivity index (χ0n) is 10.3. The topological polar surface area (TPSA) is 84.7 Å². The van der Waals surface area contributed by atoms with E-state index in [9.17, 15) is 9.59 Å². The van der Waals surface area contributed by atoms with Gasteiger partial charge in [0.15, 0.2) is 0 Å². The Kier molecular flexibility index (Phi) is 3.10. The molecule has 0 aromatic heterocycles.